The van der Waals surface area contributed by atoms with Gasteiger partial charge in [-0.15, -0.1) is 0 Å². The van der Waals surface area contributed by atoms with E-state index in [0.717, 1.165) is 0 Å². The standard InChI is InChI=1S/C12H13N3O4/c1-18-10-6-8(2-3-9(10)15(16)17)11-7-14-12(19-11)4-5-13/h2-3,6-7H,4-5,13H2,1H3. The molecule has 0 bridgehead atoms. The topological polar surface area (TPSA) is 104 Å². The van der Waals surface area contributed by atoms with Crippen LogP contribution in [0.25, 0.3) is 11.3 Å². The van der Waals surface area contributed by atoms with Gasteiger partial charge in [-0.3, -0.25) is 10.1 Å². The third-order valence-electron chi connectivity index (χ3n) is 2.57. The summed E-state index contributed by atoms with van der Waals surface area (Å²) >= 11 is 0. The van der Waals surface area contributed by atoms with Crippen molar-refractivity contribution in [3.05, 3.63) is 40.4 Å². The van der Waals surface area contributed by atoms with Gasteiger partial charge in [-0.1, -0.05) is 0 Å². The van der Waals surface area contributed by atoms with Gasteiger partial charge < -0.3 is 14.9 Å². The number of aromatic nitrogens is 1. The molecule has 100 valence electrons. The maximum absolute atomic E-state index is 10.8. The summed E-state index contributed by atoms with van der Waals surface area (Å²) in [4.78, 5) is 14.4. The van der Waals surface area contributed by atoms with Crippen LogP contribution in [0, 0.1) is 10.1 Å². The maximum Gasteiger partial charge on any atom is 0.310 e. The highest BCUT2D eigenvalue weighted by Crippen LogP contribution is 2.32. The van der Waals surface area contributed by atoms with E-state index >= 15 is 0 Å². The largest absolute Gasteiger partial charge is 0.490 e. The summed E-state index contributed by atoms with van der Waals surface area (Å²) < 4.78 is 10.5. The van der Waals surface area contributed by atoms with Gasteiger partial charge in [-0.25, -0.2) is 4.98 Å². The van der Waals surface area contributed by atoms with E-state index in [-0.39, 0.29) is 11.4 Å². The first-order chi connectivity index (χ1) is 9.15. The van der Waals surface area contributed by atoms with Crippen LogP contribution in [0.1, 0.15) is 5.89 Å². The number of ether oxygens (including phenoxy) is 1. The van der Waals surface area contributed by atoms with Crippen molar-refractivity contribution in [2.75, 3.05) is 13.7 Å². The van der Waals surface area contributed by atoms with E-state index in [2.05, 4.69) is 4.98 Å². The molecular formula is C12H13N3O4. The molecule has 0 saturated carbocycles. The molecule has 1 aromatic carbocycles. The Morgan fingerprint density at radius 3 is 2.95 bits per heavy atom. The second-order valence-corrected chi connectivity index (χ2v) is 3.80. The Morgan fingerprint density at radius 2 is 2.32 bits per heavy atom. The second-order valence-electron chi connectivity index (χ2n) is 3.80. The third-order valence-corrected chi connectivity index (χ3v) is 2.57. The van der Waals surface area contributed by atoms with Crippen LogP contribution in [0.3, 0.4) is 0 Å². The Labute approximate surface area is 109 Å². The number of oxazole rings is 1. The Hall–Kier alpha value is -2.41. The van der Waals surface area contributed by atoms with Crippen LogP contribution < -0.4 is 10.5 Å². The molecule has 0 saturated heterocycles. The first-order valence-corrected chi connectivity index (χ1v) is 5.63. The van der Waals surface area contributed by atoms with Crippen molar-refractivity contribution in [3.63, 3.8) is 0 Å². The molecule has 0 amide bonds. The van der Waals surface area contributed by atoms with E-state index in [1.807, 2.05) is 0 Å². The second kappa shape index (κ2) is 5.49. The normalized spacial score (nSPS) is 10.4. The summed E-state index contributed by atoms with van der Waals surface area (Å²) in [5.41, 5.74) is 5.99. The Bertz CT molecular complexity index is 594. The minimum absolute atomic E-state index is 0.0899. The van der Waals surface area contributed by atoms with Gasteiger partial charge >= 0.3 is 5.69 Å². The molecule has 0 aliphatic rings. The van der Waals surface area contributed by atoms with Gasteiger partial charge in [0.1, 0.15) is 0 Å². The molecule has 0 radical (unpaired) electrons. The molecule has 1 aromatic heterocycles. The summed E-state index contributed by atoms with van der Waals surface area (Å²) in [5.74, 6) is 1.24. The number of methoxy groups -OCH3 is 1. The lowest BCUT2D eigenvalue weighted by Crippen LogP contribution is -2.02. The molecule has 7 heteroatoms. The molecule has 0 spiro atoms. The minimum atomic E-state index is -0.497. The fourth-order valence-corrected chi connectivity index (χ4v) is 1.66. The molecule has 2 N–H and O–H groups in total. The summed E-state index contributed by atoms with van der Waals surface area (Å²) in [6.45, 7) is 0.448. The van der Waals surface area contributed by atoms with E-state index in [1.54, 1.807) is 18.3 Å². The van der Waals surface area contributed by atoms with Crippen molar-refractivity contribution in [1.82, 2.24) is 4.98 Å². The molecule has 0 fully saturated rings. The third kappa shape index (κ3) is 2.71. The van der Waals surface area contributed by atoms with Crippen molar-refractivity contribution in [1.29, 1.82) is 0 Å². The molecule has 7 nitrogen and oxygen atoms in total. The Balaban J connectivity index is 2.36. The molecule has 0 aliphatic carbocycles. The van der Waals surface area contributed by atoms with Gasteiger partial charge in [0.25, 0.3) is 0 Å². The van der Waals surface area contributed by atoms with E-state index in [0.29, 0.717) is 30.2 Å². The summed E-state index contributed by atoms with van der Waals surface area (Å²) in [6.07, 6.45) is 2.11. The molecule has 2 aromatic rings. The van der Waals surface area contributed by atoms with Crippen molar-refractivity contribution in [2.45, 2.75) is 6.42 Å². The van der Waals surface area contributed by atoms with E-state index < -0.39 is 4.92 Å². The molecule has 19 heavy (non-hydrogen) atoms. The van der Waals surface area contributed by atoms with Crippen LogP contribution in [0.15, 0.2) is 28.8 Å². The lowest BCUT2D eigenvalue weighted by molar-refractivity contribution is -0.385. The smallest absolute Gasteiger partial charge is 0.310 e. The first kappa shape index (κ1) is 13.0. The van der Waals surface area contributed by atoms with Gasteiger partial charge in [0.05, 0.1) is 18.2 Å². The summed E-state index contributed by atoms with van der Waals surface area (Å²) in [5, 5.41) is 10.8. The number of rotatable bonds is 5. The SMILES string of the molecule is COc1cc(-c2cnc(CCN)o2)ccc1[N+](=O)[O-]. The van der Waals surface area contributed by atoms with Crippen molar-refractivity contribution >= 4 is 5.69 Å². The minimum Gasteiger partial charge on any atom is -0.490 e. The van der Waals surface area contributed by atoms with Crippen molar-refractivity contribution in [2.24, 2.45) is 5.73 Å². The van der Waals surface area contributed by atoms with Crippen LogP contribution >= 0.6 is 0 Å². The quantitative estimate of drug-likeness (QED) is 0.651. The summed E-state index contributed by atoms with van der Waals surface area (Å²) in [7, 11) is 1.38. The van der Waals surface area contributed by atoms with Crippen LogP contribution in [0.5, 0.6) is 5.75 Å². The molecule has 0 atom stereocenters. The molecule has 0 aliphatic heterocycles. The average molecular weight is 263 g/mol. The fourth-order valence-electron chi connectivity index (χ4n) is 1.66. The Morgan fingerprint density at radius 1 is 1.53 bits per heavy atom. The fraction of sp³-hybridized carbons (Fsp3) is 0.250. The zero-order valence-electron chi connectivity index (χ0n) is 10.3. The predicted octanol–water partition coefficient (Wildman–Crippen LogP) is 1.76. The number of nitrogens with two attached hydrogens (primary N) is 1. The number of hydrogen-bond donors (Lipinski definition) is 1. The number of nitrogens with zero attached hydrogens (tertiary/aromatic N) is 2. The zero-order valence-corrected chi connectivity index (χ0v) is 10.3. The molecule has 1 heterocycles. The maximum atomic E-state index is 10.8. The lowest BCUT2D eigenvalue weighted by atomic mass is 10.1. The van der Waals surface area contributed by atoms with Gasteiger partial charge in [-0.2, -0.15) is 0 Å². The van der Waals surface area contributed by atoms with Gasteiger partial charge in [0.2, 0.25) is 0 Å². The number of hydrogen-bond acceptors (Lipinski definition) is 6. The highest BCUT2D eigenvalue weighted by Gasteiger charge is 2.16. The van der Waals surface area contributed by atoms with Crippen molar-refractivity contribution < 1.29 is 14.1 Å². The van der Waals surface area contributed by atoms with Gasteiger partial charge in [-0.05, 0) is 12.1 Å². The predicted molar refractivity (Wildman–Crippen MR) is 67.9 cm³/mol. The Kier molecular flexibility index (Phi) is 3.76. The number of nitro groups is 1. The van der Waals surface area contributed by atoms with Gasteiger partial charge in [0, 0.05) is 24.6 Å². The average Bonchev–Trinajstić information content (AvgIpc) is 2.87. The van der Waals surface area contributed by atoms with Gasteiger partial charge in [0.15, 0.2) is 17.4 Å². The molecular weight excluding hydrogens is 250 g/mol. The van der Waals surface area contributed by atoms with E-state index in [1.165, 1.54) is 13.2 Å². The molecule has 0 unspecified atom stereocenters. The zero-order chi connectivity index (χ0) is 13.8. The van der Waals surface area contributed by atoms with E-state index in [9.17, 15) is 10.1 Å². The number of nitro benzene ring substituents is 1. The first-order valence-electron chi connectivity index (χ1n) is 5.63. The number of benzene rings is 1. The van der Waals surface area contributed by atoms with Crippen LogP contribution in [0.2, 0.25) is 0 Å². The monoisotopic (exact) mass is 263 g/mol. The molecule has 2 rings (SSSR count). The highest BCUT2D eigenvalue weighted by molar-refractivity contribution is 5.63. The van der Waals surface area contributed by atoms with Crippen LogP contribution in [-0.4, -0.2) is 23.6 Å². The van der Waals surface area contributed by atoms with Crippen LogP contribution in [-0.2, 0) is 6.42 Å². The van der Waals surface area contributed by atoms with E-state index in [4.69, 9.17) is 14.9 Å². The highest BCUT2D eigenvalue weighted by atomic mass is 16.6. The lowest BCUT2D eigenvalue weighted by Gasteiger charge is -2.03. The van der Waals surface area contributed by atoms with Crippen LogP contribution in [0.4, 0.5) is 5.69 Å². The summed E-state index contributed by atoms with van der Waals surface area (Å²) in [6, 6.07) is 4.51. The van der Waals surface area contributed by atoms with Crippen molar-refractivity contribution in [3.8, 4) is 17.1 Å².